The minimum Gasteiger partial charge on any atom is -0.0871 e. The van der Waals surface area contributed by atoms with Gasteiger partial charge in [-0.2, -0.15) is 0 Å². The Labute approximate surface area is 82.3 Å². The molecule has 0 N–H and O–H groups in total. The summed E-state index contributed by atoms with van der Waals surface area (Å²) in [4.78, 5) is 0. The minimum atomic E-state index is 1.29. The van der Waals surface area contributed by atoms with Crippen molar-refractivity contribution >= 4 is 6.08 Å². The lowest BCUT2D eigenvalue weighted by atomic mass is 10.1. The number of benzene rings is 1. The van der Waals surface area contributed by atoms with Gasteiger partial charge in [0.15, 0.2) is 0 Å². The molecule has 0 bridgehead atoms. The normalized spacial score (nSPS) is 9.62. The SMILES string of the molecule is CC.CC=Cc1ccc(C)c(C)c1. The number of aryl methyl sites for hydroxylation is 2. The molecule has 0 unspecified atom stereocenters. The van der Waals surface area contributed by atoms with Crippen molar-refractivity contribution in [2.75, 3.05) is 0 Å². The first-order valence-electron chi connectivity index (χ1n) is 4.94. The Bertz CT molecular complexity index is 269. The molecule has 0 amide bonds. The number of hydrogen-bond donors (Lipinski definition) is 0. The second kappa shape index (κ2) is 6.47. The Hall–Kier alpha value is -1.04. The Balaban J connectivity index is 0.000000671. The smallest absolute Gasteiger partial charge is 0.0257 e. The van der Waals surface area contributed by atoms with Crippen molar-refractivity contribution < 1.29 is 0 Å². The van der Waals surface area contributed by atoms with Crippen LogP contribution in [0.4, 0.5) is 0 Å². The molecule has 0 saturated heterocycles. The van der Waals surface area contributed by atoms with Crippen LogP contribution in [0.15, 0.2) is 24.3 Å². The van der Waals surface area contributed by atoms with Crippen LogP contribution in [0.5, 0.6) is 0 Å². The molecule has 0 radical (unpaired) electrons. The van der Waals surface area contributed by atoms with Gasteiger partial charge in [0.1, 0.15) is 0 Å². The van der Waals surface area contributed by atoms with E-state index >= 15 is 0 Å². The van der Waals surface area contributed by atoms with Crippen molar-refractivity contribution in [2.24, 2.45) is 0 Å². The molecule has 0 fully saturated rings. The number of rotatable bonds is 1. The summed E-state index contributed by atoms with van der Waals surface area (Å²) in [7, 11) is 0. The third-order valence-corrected chi connectivity index (χ3v) is 1.89. The number of hydrogen-bond acceptors (Lipinski definition) is 0. The Morgan fingerprint density at radius 2 is 1.62 bits per heavy atom. The molecule has 0 saturated carbocycles. The summed E-state index contributed by atoms with van der Waals surface area (Å²) in [6, 6.07) is 6.50. The van der Waals surface area contributed by atoms with Crippen LogP contribution in [-0.2, 0) is 0 Å². The molecule has 0 heteroatoms. The molecule has 0 spiro atoms. The van der Waals surface area contributed by atoms with E-state index < -0.39 is 0 Å². The highest BCUT2D eigenvalue weighted by molar-refractivity contribution is 5.51. The lowest BCUT2D eigenvalue weighted by Crippen LogP contribution is -1.80. The standard InChI is InChI=1S/C11H14.C2H6/c1-4-5-11-7-6-9(2)10(3)8-11;1-2/h4-8H,1-3H3;1-2H3. The molecular formula is C13H20. The van der Waals surface area contributed by atoms with E-state index in [-0.39, 0.29) is 0 Å². The zero-order valence-electron chi connectivity index (χ0n) is 9.39. The summed E-state index contributed by atoms with van der Waals surface area (Å²) >= 11 is 0. The minimum absolute atomic E-state index is 1.29. The van der Waals surface area contributed by atoms with Crippen LogP contribution in [0.25, 0.3) is 6.08 Å². The first-order valence-corrected chi connectivity index (χ1v) is 4.94. The lowest BCUT2D eigenvalue weighted by Gasteiger charge is -1.99. The summed E-state index contributed by atoms with van der Waals surface area (Å²) < 4.78 is 0. The predicted molar refractivity (Wildman–Crippen MR) is 62.0 cm³/mol. The van der Waals surface area contributed by atoms with Gasteiger partial charge in [0.05, 0.1) is 0 Å². The summed E-state index contributed by atoms with van der Waals surface area (Å²) in [6.07, 6.45) is 4.18. The van der Waals surface area contributed by atoms with Gasteiger partial charge in [0.25, 0.3) is 0 Å². The Kier molecular flexibility index (Phi) is 5.96. The van der Waals surface area contributed by atoms with Crippen LogP contribution in [0, 0.1) is 13.8 Å². The quantitative estimate of drug-likeness (QED) is 0.596. The maximum Gasteiger partial charge on any atom is -0.0257 e. The van der Waals surface area contributed by atoms with E-state index in [0.29, 0.717) is 0 Å². The molecule has 0 aromatic heterocycles. The van der Waals surface area contributed by atoms with Gasteiger partial charge in [-0.3, -0.25) is 0 Å². The van der Waals surface area contributed by atoms with Gasteiger partial charge >= 0.3 is 0 Å². The molecule has 1 rings (SSSR count). The van der Waals surface area contributed by atoms with Crippen LogP contribution in [0.3, 0.4) is 0 Å². The molecule has 0 atom stereocenters. The summed E-state index contributed by atoms with van der Waals surface area (Å²) in [6.45, 7) is 10.3. The summed E-state index contributed by atoms with van der Waals surface area (Å²) in [5.74, 6) is 0. The number of allylic oxidation sites excluding steroid dienone is 1. The molecular weight excluding hydrogens is 156 g/mol. The zero-order chi connectivity index (χ0) is 10.3. The highest BCUT2D eigenvalue weighted by Gasteiger charge is 1.91. The van der Waals surface area contributed by atoms with Gasteiger partial charge in [0, 0.05) is 0 Å². The summed E-state index contributed by atoms with van der Waals surface area (Å²) in [5, 5.41) is 0. The maximum atomic E-state index is 2.20. The van der Waals surface area contributed by atoms with Crippen molar-refractivity contribution in [3.8, 4) is 0 Å². The maximum absolute atomic E-state index is 2.20. The van der Waals surface area contributed by atoms with Crippen LogP contribution in [-0.4, -0.2) is 0 Å². The van der Waals surface area contributed by atoms with Crippen molar-refractivity contribution in [3.05, 3.63) is 41.0 Å². The average molecular weight is 176 g/mol. The first-order chi connectivity index (χ1) is 6.24. The molecule has 0 aliphatic rings. The van der Waals surface area contributed by atoms with Crippen LogP contribution < -0.4 is 0 Å². The van der Waals surface area contributed by atoms with Crippen molar-refractivity contribution in [1.82, 2.24) is 0 Å². The van der Waals surface area contributed by atoms with E-state index in [2.05, 4.69) is 44.2 Å². The molecule has 1 aromatic carbocycles. The fourth-order valence-electron chi connectivity index (χ4n) is 1.06. The van der Waals surface area contributed by atoms with Crippen LogP contribution in [0.1, 0.15) is 37.5 Å². The fraction of sp³-hybridized carbons (Fsp3) is 0.385. The van der Waals surface area contributed by atoms with E-state index in [0.717, 1.165) is 0 Å². The predicted octanol–water partition coefficient (Wildman–Crippen LogP) is 4.36. The monoisotopic (exact) mass is 176 g/mol. The highest BCUT2D eigenvalue weighted by atomic mass is 14.0. The molecule has 0 nitrogen and oxygen atoms in total. The van der Waals surface area contributed by atoms with Gasteiger partial charge in [-0.05, 0) is 37.5 Å². The zero-order valence-corrected chi connectivity index (χ0v) is 9.39. The first kappa shape index (κ1) is 12.0. The highest BCUT2D eigenvalue weighted by Crippen LogP contribution is 2.10. The van der Waals surface area contributed by atoms with Gasteiger partial charge in [-0.1, -0.05) is 44.2 Å². The van der Waals surface area contributed by atoms with Crippen molar-refractivity contribution in [2.45, 2.75) is 34.6 Å². The van der Waals surface area contributed by atoms with E-state index in [4.69, 9.17) is 0 Å². The third kappa shape index (κ3) is 3.93. The molecule has 0 heterocycles. The van der Waals surface area contributed by atoms with E-state index in [1.165, 1.54) is 16.7 Å². The Morgan fingerprint density at radius 3 is 2.08 bits per heavy atom. The second-order valence-electron chi connectivity index (χ2n) is 2.84. The third-order valence-electron chi connectivity index (χ3n) is 1.89. The molecule has 13 heavy (non-hydrogen) atoms. The molecule has 0 aliphatic carbocycles. The fourth-order valence-corrected chi connectivity index (χ4v) is 1.06. The lowest BCUT2D eigenvalue weighted by molar-refractivity contribution is 1.33. The largest absolute Gasteiger partial charge is 0.0871 e. The molecule has 72 valence electrons. The van der Waals surface area contributed by atoms with Gasteiger partial charge in [-0.15, -0.1) is 0 Å². The van der Waals surface area contributed by atoms with Gasteiger partial charge in [-0.25, -0.2) is 0 Å². The molecule has 1 aromatic rings. The van der Waals surface area contributed by atoms with Gasteiger partial charge < -0.3 is 0 Å². The average Bonchev–Trinajstić information content (AvgIpc) is 2.15. The van der Waals surface area contributed by atoms with Gasteiger partial charge in [0.2, 0.25) is 0 Å². The van der Waals surface area contributed by atoms with Crippen molar-refractivity contribution in [1.29, 1.82) is 0 Å². The van der Waals surface area contributed by atoms with Crippen molar-refractivity contribution in [3.63, 3.8) is 0 Å². The molecule has 0 aliphatic heterocycles. The Morgan fingerprint density at radius 1 is 1.00 bits per heavy atom. The van der Waals surface area contributed by atoms with Crippen LogP contribution >= 0.6 is 0 Å². The van der Waals surface area contributed by atoms with E-state index in [1.807, 2.05) is 20.8 Å². The second-order valence-corrected chi connectivity index (χ2v) is 2.84. The van der Waals surface area contributed by atoms with E-state index in [1.54, 1.807) is 0 Å². The van der Waals surface area contributed by atoms with E-state index in [9.17, 15) is 0 Å². The topological polar surface area (TPSA) is 0 Å². The van der Waals surface area contributed by atoms with Crippen LogP contribution in [0.2, 0.25) is 0 Å². The summed E-state index contributed by atoms with van der Waals surface area (Å²) in [5.41, 5.74) is 4.01.